The van der Waals surface area contributed by atoms with Crippen molar-refractivity contribution >= 4 is 29.3 Å². The largest absolute Gasteiger partial charge is 0.478 e. The van der Waals surface area contributed by atoms with E-state index >= 15 is 0 Å². The molecule has 2 aromatic heterocycles. The van der Waals surface area contributed by atoms with Gasteiger partial charge in [-0.25, -0.2) is 14.8 Å². The first-order valence-electron chi connectivity index (χ1n) is 6.69. The second-order valence-electron chi connectivity index (χ2n) is 4.85. The normalized spacial score (nSPS) is 13.8. The maximum Gasteiger partial charge on any atom is 0.338 e. The smallest absolute Gasteiger partial charge is 0.338 e. The van der Waals surface area contributed by atoms with E-state index in [2.05, 4.69) is 9.97 Å². The third-order valence-electron chi connectivity index (χ3n) is 3.41. The summed E-state index contributed by atoms with van der Waals surface area (Å²) >= 11 is 7.30. The van der Waals surface area contributed by atoms with E-state index in [4.69, 9.17) is 11.6 Å². The Labute approximate surface area is 131 Å². The number of pyridine rings is 2. The van der Waals surface area contributed by atoms with Gasteiger partial charge in [0, 0.05) is 11.9 Å². The van der Waals surface area contributed by atoms with Gasteiger partial charge in [-0.2, -0.15) is 0 Å². The van der Waals surface area contributed by atoms with E-state index in [-0.39, 0.29) is 5.56 Å². The summed E-state index contributed by atoms with van der Waals surface area (Å²) in [5.41, 5.74) is 2.28. The van der Waals surface area contributed by atoms with Crippen LogP contribution in [-0.4, -0.2) is 21.0 Å². The van der Waals surface area contributed by atoms with Gasteiger partial charge in [-0.1, -0.05) is 11.6 Å². The molecule has 0 atom stereocenters. The summed E-state index contributed by atoms with van der Waals surface area (Å²) in [5, 5.41) is 10.9. The molecule has 0 bridgehead atoms. The van der Waals surface area contributed by atoms with Crippen LogP contribution >= 0.6 is 23.4 Å². The number of hydrogen-bond donors (Lipinski definition) is 1. The molecule has 3 rings (SSSR count). The van der Waals surface area contributed by atoms with Crippen molar-refractivity contribution in [1.29, 1.82) is 0 Å². The van der Waals surface area contributed by atoms with Crippen LogP contribution in [-0.2, 0) is 12.8 Å². The SMILES string of the molecule is O=C(O)c1cc2c(nc1Sc1ncccc1Cl)CCCC2. The van der Waals surface area contributed by atoms with Gasteiger partial charge in [0.15, 0.2) is 0 Å². The van der Waals surface area contributed by atoms with E-state index in [0.717, 1.165) is 36.9 Å². The third-order valence-corrected chi connectivity index (χ3v) is 4.85. The molecule has 0 spiro atoms. The molecule has 6 heteroatoms. The number of aryl methyl sites for hydroxylation is 2. The number of carboxylic acids is 1. The van der Waals surface area contributed by atoms with Gasteiger partial charge in [0.25, 0.3) is 0 Å². The van der Waals surface area contributed by atoms with Crippen LogP contribution in [0.5, 0.6) is 0 Å². The summed E-state index contributed by atoms with van der Waals surface area (Å²) in [6.45, 7) is 0. The van der Waals surface area contributed by atoms with E-state index < -0.39 is 5.97 Å². The van der Waals surface area contributed by atoms with Crippen molar-refractivity contribution in [3.05, 3.63) is 46.2 Å². The maximum absolute atomic E-state index is 11.5. The number of aromatic carboxylic acids is 1. The monoisotopic (exact) mass is 320 g/mol. The van der Waals surface area contributed by atoms with Crippen LogP contribution in [0.15, 0.2) is 34.4 Å². The lowest BCUT2D eigenvalue weighted by molar-refractivity contribution is 0.0692. The summed E-state index contributed by atoms with van der Waals surface area (Å²) in [4.78, 5) is 20.2. The number of carbonyl (C=O) groups is 1. The van der Waals surface area contributed by atoms with Crippen molar-refractivity contribution in [3.8, 4) is 0 Å². The summed E-state index contributed by atoms with van der Waals surface area (Å²) in [7, 11) is 0. The topological polar surface area (TPSA) is 63.1 Å². The third kappa shape index (κ3) is 3.04. The predicted molar refractivity (Wildman–Crippen MR) is 81.2 cm³/mol. The first-order valence-corrected chi connectivity index (χ1v) is 7.89. The second-order valence-corrected chi connectivity index (χ2v) is 6.24. The van der Waals surface area contributed by atoms with Gasteiger partial charge in [-0.05, 0) is 61.2 Å². The van der Waals surface area contributed by atoms with Crippen molar-refractivity contribution in [2.45, 2.75) is 35.7 Å². The summed E-state index contributed by atoms with van der Waals surface area (Å²) in [6.07, 6.45) is 5.62. The Bertz CT molecular complexity index is 706. The lowest BCUT2D eigenvalue weighted by Crippen LogP contribution is -2.10. The van der Waals surface area contributed by atoms with Crippen LogP contribution < -0.4 is 0 Å². The number of carboxylic acid groups (broad SMARTS) is 1. The first kappa shape index (κ1) is 14.4. The summed E-state index contributed by atoms with van der Waals surface area (Å²) in [6, 6.07) is 5.23. The highest BCUT2D eigenvalue weighted by atomic mass is 35.5. The van der Waals surface area contributed by atoms with Gasteiger partial charge < -0.3 is 5.11 Å². The summed E-state index contributed by atoms with van der Waals surface area (Å²) < 4.78 is 0. The van der Waals surface area contributed by atoms with E-state index in [1.165, 1.54) is 11.8 Å². The van der Waals surface area contributed by atoms with Crippen LogP contribution in [0.4, 0.5) is 0 Å². The van der Waals surface area contributed by atoms with E-state index in [1.807, 2.05) is 0 Å². The fourth-order valence-electron chi connectivity index (χ4n) is 2.38. The molecular formula is C15H13ClN2O2S. The highest BCUT2D eigenvalue weighted by molar-refractivity contribution is 7.99. The van der Waals surface area contributed by atoms with Gasteiger partial charge in [0.1, 0.15) is 10.1 Å². The van der Waals surface area contributed by atoms with Crippen molar-refractivity contribution in [1.82, 2.24) is 9.97 Å². The highest BCUT2D eigenvalue weighted by Crippen LogP contribution is 2.34. The molecular weight excluding hydrogens is 308 g/mol. The second kappa shape index (κ2) is 6.03. The average molecular weight is 321 g/mol. The Kier molecular flexibility index (Phi) is 4.12. The number of hydrogen-bond acceptors (Lipinski definition) is 4. The van der Waals surface area contributed by atoms with Crippen LogP contribution in [0.1, 0.15) is 34.5 Å². The van der Waals surface area contributed by atoms with Crippen molar-refractivity contribution in [2.75, 3.05) is 0 Å². The van der Waals surface area contributed by atoms with Crippen LogP contribution in [0.2, 0.25) is 5.02 Å². The van der Waals surface area contributed by atoms with Gasteiger partial charge in [0.05, 0.1) is 10.6 Å². The number of rotatable bonds is 3. The fourth-order valence-corrected chi connectivity index (χ4v) is 3.50. The molecule has 1 aliphatic rings. The number of nitrogens with zero attached hydrogens (tertiary/aromatic N) is 2. The Morgan fingerprint density at radius 1 is 1.29 bits per heavy atom. The minimum absolute atomic E-state index is 0.224. The molecule has 0 aliphatic heterocycles. The Morgan fingerprint density at radius 2 is 2.10 bits per heavy atom. The zero-order chi connectivity index (χ0) is 14.8. The number of aromatic nitrogens is 2. The van der Waals surface area contributed by atoms with E-state index in [0.29, 0.717) is 15.1 Å². The molecule has 4 nitrogen and oxygen atoms in total. The molecule has 1 aliphatic carbocycles. The van der Waals surface area contributed by atoms with Crippen molar-refractivity contribution in [2.24, 2.45) is 0 Å². The molecule has 0 saturated heterocycles. The Balaban J connectivity index is 2.04. The summed E-state index contributed by atoms with van der Waals surface area (Å²) in [5.74, 6) is -0.967. The lowest BCUT2D eigenvalue weighted by atomic mass is 9.95. The minimum atomic E-state index is -0.967. The Hall–Kier alpha value is -1.59. The predicted octanol–water partition coefficient (Wildman–Crippen LogP) is 3.86. The highest BCUT2D eigenvalue weighted by Gasteiger charge is 2.20. The molecule has 0 saturated carbocycles. The van der Waals surface area contributed by atoms with Crippen LogP contribution in [0.3, 0.4) is 0 Å². The van der Waals surface area contributed by atoms with Gasteiger partial charge >= 0.3 is 5.97 Å². The van der Waals surface area contributed by atoms with Crippen molar-refractivity contribution in [3.63, 3.8) is 0 Å². The molecule has 108 valence electrons. The molecule has 0 unspecified atom stereocenters. The molecule has 0 aromatic carbocycles. The number of fused-ring (bicyclic) bond motifs is 1. The standard InChI is InChI=1S/C15H13ClN2O2S/c16-11-5-3-7-17-14(11)21-13-10(15(19)20)8-9-4-1-2-6-12(9)18-13/h3,5,7-8H,1-2,4,6H2,(H,19,20). The average Bonchev–Trinajstić information content (AvgIpc) is 2.48. The lowest BCUT2D eigenvalue weighted by Gasteiger charge is -2.17. The zero-order valence-corrected chi connectivity index (χ0v) is 12.7. The van der Waals surface area contributed by atoms with Gasteiger partial charge in [-0.15, -0.1) is 0 Å². The molecule has 1 N–H and O–H groups in total. The maximum atomic E-state index is 11.5. The number of halogens is 1. The van der Waals surface area contributed by atoms with Crippen LogP contribution in [0.25, 0.3) is 0 Å². The fraction of sp³-hybridized carbons (Fsp3) is 0.267. The Morgan fingerprint density at radius 3 is 2.86 bits per heavy atom. The molecule has 2 heterocycles. The quantitative estimate of drug-likeness (QED) is 0.930. The molecule has 21 heavy (non-hydrogen) atoms. The molecule has 0 radical (unpaired) electrons. The molecule has 0 amide bonds. The van der Waals surface area contributed by atoms with Crippen molar-refractivity contribution < 1.29 is 9.90 Å². The van der Waals surface area contributed by atoms with E-state index in [9.17, 15) is 9.90 Å². The van der Waals surface area contributed by atoms with E-state index in [1.54, 1.807) is 24.4 Å². The van der Waals surface area contributed by atoms with Gasteiger partial charge in [0.2, 0.25) is 0 Å². The van der Waals surface area contributed by atoms with Crippen LogP contribution in [0, 0.1) is 0 Å². The first-order chi connectivity index (χ1) is 10.1. The van der Waals surface area contributed by atoms with Gasteiger partial charge in [-0.3, -0.25) is 0 Å². The minimum Gasteiger partial charge on any atom is -0.478 e. The molecule has 0 fully saturated rings. The molecule has 2 aromatic rings. The zero-order valence-electron chi connectivity index (χ0n) is 11.2.